The van der Waals surface area contributed by atoms with Crippen LogP contribution in [0.25, 0.3) is 0 Å². The molecule has 0 saturated carbocycles. The van der Waals surface area contributed by atoms with E-state index in [0.717, 1.165) is 24.3 Å². The molecule has 1 rings (SSSR count). The number of para-hydroxylation sites is 1. The van der Waals surface area contributed by atoms with Gasteiger partial charge in [-0.1, -0.05) is 25.1 Å². The molecule has 0 radical (unpaired) electrons. The molecule has 4 nitrogen and oxygen atoms in total. The number of carbonyl (C=O) groups is 1. The summed E-state index contributed by atoms with van der Waals surface area (Å²) in [4.78, 5) is 12.7. The second-order valence-electron chi connectivity index (χ2n) is 4.32. The van der Waals surface area contributed by atoms with Crippen molar-refractivity contribution in [2.45, 2.75) is 26.3 Å². The summed E-state index contributed by atoms with van der Waals surface area (Å²) in [5, 5.41) is 8.86. The normalized spacial score (nSPS) is 12.4. The molecule has 0 aliphatic carbocycles. The minimum absolute atomic E-state index is 0.0762. The zero-order valence-corrected chi connectivity index (χ0v) is 11.2. The van der Waals surface area contributed by atoms with Crippen molar-refractivity contribution in [3.63, 3.8) is 0 Å². The Morgan fingerprint density at radius 1 is 1.44 bits per heavy atom. The third-order valence-corrected chi connectivity index (χ3v) is 3.08. The van der Waals surface area contributed by atoms with E-state index < -0.39 is 5.97 Å². The fraction of sp³-hybridized carbons (Fsp3) is 0.500. The fourth-order valence-corrected chi connectivity index (χ4v) is 2.07. The first-order chi connectivity index (χ1) is 8.58. The van der Waals surface area contributed by atoms with Gasteiger partial charge in [0.15, 0.2) is 0 Å². The van der Waals surface area contributed by atoms with Crippen molar-refractivity contribution in [1.29, 1.82) is 0 Å². The highest BCUT2D eigenvalue weighted by atomic mass is 16.5. The monoisotopic (exact) mass is 251 g/mol. The summed E-state index contributed by atoms with van der Waals surface area (Å²) in [5.74, 6) is 0.0689. The lowest BCUT2D eigenvalue weighted by Gasteiger charge is -2.26. The van der Waals surface area contributed by atoms with Gasteiger partial charge in [-0.3, -0.25) is 9.69 Å². The average molecular weight is 251 g/mol. The summed E-state index contributed by atoms with van der Waals surface area (Å²) in [6.07, 6.45) is 0.783. The van der Waals surface area contributed by atoms with Crippen LogP contribution in [0.3, 0.4) is 0 Å². The van der Waals surface area contributed by atoms with Crippen molar-refractivity contribution in [1.82, 2.24) is 4.90 Å². The lowest BCUT2D eigenvalue weighted by atomic mass is 10.0. The molecule has 1 aromatic carbocycles. The zero-order chi connectivity index (χ0) is 13.5. The first kappa shape index (κ1) is 14.5. The minimum atomic E-state index is -0.788. The van der Waals surface area contributed by atoms with Gasteiger partial charge in [-0.2, -0.15) is 0 Å². The van der Waals surface area contributed by atoms with E-state index in [9.17, 15) is 4.79 Å². The minimum Gasteiger partial charge on any atom is -0.496 e. The van der Waals surface area contributed by atoms with Crippen molar-refractivity contribution in [2.24, 2.45) is 0 Å². The zero-order valence-electron chi connectivity index (χ0n) is 11.2. The van der Waals surface area contributed by atoms with Crippen molar-refractivity contribution in [3.8, 4) is 5.75 Å². The van der Waals surface area contributed by atoms with Crippen molar-refractivity contribution in [3.05, 3.63) is 29.8 Å². The Labute approximate surface area is 108 Å². The summed E-state index contributed by atoms with van der Waals surface area (Å²) in [7, 11) is 1.65. The molecule has 1 aromatic rings. The topological polar surface area (TPSA) is 49.8 Å². The lowest BCUT2D eigenvalue weighted by Crippen LogP contribution is -2.38. The Hall–Kier alpha value is -1.55. The number of hydrogen-bond donors (Lipinski definition) is 1. The summed E-state index contributed by atoms with van der Waals surface area (Å²) in [6, 6.07) is 8.02. The van der Waals surface area contributed by atoms with Gasteiger partial charge in [-0.25, -0.2) is 0 Å². The summed E-state index contributed by atoms with van der Waals surface area (Å²) < 4.78 is 5.31. The first-order valence-electron chi connectivity index (χ1n) is 6.16. The Balaban J connectivity index is 2.72. The molecule has 0 saturated heterocycles. The van der Waals surface area contributed by atoms with Crippen molar-refractivity contribution >= 4 is 5.97 Å². The number of carboxylic acid groups (broad SMARTS) is 1. The van der Waals surface area contributed by atoms with Gasteiger partial charge >= 0.3 is 5.97 Å². The van der Waals surface area contributed by atoms with Gasteiger partial charge in [0.2, 0.25) is 0 Å². The summed E-state index contributed by atoms with van der Waals surface area (Å²) in [5.41, 5.74) is 1.11. The van der Waals surface area contributed by atoms with Gasteiger partial charge in [-0.05, 0) is 31.5 Å². The number of ether oxygens (including phenoxy) is 1. The van der Waals surface area contributed by atoms with Gasteiger partial charge < -0.3 is 9.84 Å². The maximum atomic E-state index is 10.8. The Morgan fingerprint density at radius 3 is 2.67 bits per heavy atom. The molecular weight excluding hydrogens is 230 g/mol. The van der Waals surface area contributed by atoms with Crippen LogP contribution in [0.2, 0.25) is 0 Å². The molecule has 1 unspecified atom stereocenters. The van der Waals surface area contributed by atoms with Crippen LogP contribution in [0.15, 0.2) is 24.3 Å². The molecule has 0 heterocycles. The second-order valence-corrected chi connectivity index (χ2v) is 4.32. The maximum Gasteiger partial charge on any atom is 0.317 e. The smallest absolute Gasteiger partial charge is 0.317 e. The molecular formula is C14H21NO3. The van der Waals surface area contributed by atoms with Gasteiger partial charge in [0.1, 0.15) is 5.75 Å². The van der Waals surface area contributed by atoms with Crippen LogP contribution in [0.1, 0.15) is 19.4 Å². The maximum absolute atomic E-state index is 10.8. The standard InChI is InChI=1S/C14H21NO3/c1-4-15(10-14(16)17)11(2)9-12-7-5-6-8-13(12)18-3/h5-8,11H,4,9-10H2,1-3H3,(H,16,17). The van der Waals surface area contributed by atoms with Crippen LogP contribution in [0.4, 0.5) is 0 Å². The number of hydrogen-bond acceptors (Lipinski definition) is 3. The van der Waals surface area contributed by atoms with E-state index in [0.29, 0.717) is 0 Å². The van der Waals surface area contributed by atoms with E-state index >= 15 is 0 Å². The van der Waals surface area contributed by atoms with Crippen LogP contribution in [-0.4, -0.2) is 42.2 Å². The van der Waals surface area contributed by atoms with E-state index in [-0.39, 0.29) is 12.6 Å². The number of benzene rings is 1. The molecule has 0 fully saturated rings. The number of rotatable bonds is 7. The predicted octanol–water partition coefficient (Wildman–Crippen LogP) is 2.03. The summed E-state index contributed by atoms with van der Waals surface area (Å²) in [6.45, 7) is 4.82. The largest absolute Gasteiger partial charge is 0.496 e. The number of carboxylic acids is 1. The molecule has 0 aliphatic rings. The molecule has 1 atom stereocenters. The van der Waals surface area contributed by atoms with Crippen LogP contribution in [0.5, 0.6) is 5.75 Å². The van der Waals surface area contributed by atoms with E-state index in [1.54, 1.807) is 7.11 Å². The van der Waals surface area contributed by atoms with E-state index in [1.807, 2.05) is 43.0 Å². The van der Waals surface area contributed by atoms with Gasteiger partial charge in [0.25, 0.3) is 0 Å². The highest BCUT2D eigenvalue weighted by Gasteiger charge is 2.16. The number of nitrogens with zero attached hydrogens (tertiary/aromatic N) is 1. The Morgan fingerprint density at radius 2 is 2.11 bits per heavy atom. The molecule has 0 amide bonds. The first-order valence-corrected chi connectivity index (χ1v) is 6.16. The van der Waals surface area contributed by atoms with Crippen molar-refractivity contribution in [2.75, 3.05) is 20.2 Å². The van der Waals surface area contributed by atoms with Crippen LogP contribution < -0.4 is 4.74 Å². The Kier molecular flexibility index (Phi) is 5.65. The number of aliphatic carboxylic acids is 1. The average Bonchev–Trinajstić information content (AvgIpc) is 2.36. The molecule has 0 spiro atoms. The van der Waals surface area contributed by atoms with Gasteiger partial charge in [0, 0.05) is 6.04 Å². The highest BCUT2D eigenvalue weighted by Crippen LogP contribution is 2.20. The van der Waals surface area contributed by atoms with Crippen LogP contribution >= 0.6 is 0 Å². The molecule has 0 bridgehead atoms. The van der Waals surface area contributed by atoms with E-state index in [2.05, 4.69) is 0 Å². The molecule has 100 valence electrons. The number of methoxy groups -OCH3 is 1. The SMILES string of the molecule is CCN(CC(=O)O)C(C)Cc1ccccc1OC. The molecule has 18 heavy (non-hydrogen) atoms. The Bertz CT molecular complexity index is 392. The van der Waals surface area contributed by atoms with Gasteiger partial charge in [-0.15, -0.1) is 0 Å². The second kappa shape index (κ2) is 7.01. The quantitative estimate of drug-likeness (QED) is 0.805. The third kappa shape index (κ3) is 4.04. The fourth-order valence-electron chi connectivity index (χ4n) is 2.07. The molecule has 0 aliphatic heterocycles. The van der Waals surface area contributed by atoms with E-state index in [4.69, 9.17) is 9.84 Å². The highest BCUT2D eigenvalue weighted by molar-refractivity contribution is 5.69. The third-order valence-electron chi connectivity index (χ3n) is 3.08. The lowest BCUT2D eigenvalue weighted by molar-refractivity contribution is -0.138. The van der Waals surface area contributed by atoms with E-state index in [1.165, 1.54) is 0 Å². The van der Waals surface area contributed by atoms with Gasteiger partial charge in [0.05, 0.1) is 13.7 Å². The van der Waals surface area contributed by atoms with Crippen LogP contribution in [-0.2, 0) is 11.2 Å². The molecule has 4 heteroatoms. The number of likely N-dealkylation sites (N-methyl/N-ethyl adjacent to an activating group) is 1. The molecule has 1 N–H and O–H groups in total. The van der Waals surface area contributed by atoms with Crippen molar-refractivity contribution < 1.29 is 14.6 Å². The van der Waals surface area contributed by atoms with Crippen LogP contribution in [0, 0.1) is 0 Å². The summed E-state index contributed by atoms with van der Waals surface area (Å²) >= 11 is 0. The predicted molar refractivity (Wildman–Crippen MR) is 71.0 cm³/mol. The molecule has 0 aromatic heterocycles.